The Hall–Kier alpha value is -0.790. The van der Waals surface area contributed by atoms with Gasteiger partial charge in [-0.25, -0.2) is 0 Å². The highest BCUT2D eigenvalue weighted by Gasteiger charge is 2.17. The molecule has 1 unspecified atom stereocenters. The smallest absolute Gasteiger partial charge is 0.0968 e. The molecule has 1 heterocycles. The summed E-state index contributed by atoms with van der Waals surface area (Å²) >= 11 is 0. The molecule has 0 bridgehead atoms. The SMILES string of the molecule is CCCCCCCCCCCC(CC)CC[C+]1N=CC=N1. The highest BCUT2D eigenvalue weighted by Crippen LogP contribution is 2.24. The number of unbranched alkanes of at least 4 members (excludes halogenated alkanes) is 8. The molecule has 1 aliphatic heterocycles. The van der Waals surface area contributed by atoms with Crippen molar-refractivity contribution in [2.24, 2.45) is 15.9 Å². The van der Waals surface area contributed by atoms with Crippen LogP contribution < -0.4 is 0 Å². The zero-order valence-electron chi connectivity index (χ0n) is 14.3. The first-order chi connectivity index (χ1) is 10.4. The molecule has 2 nitrogen and oxygen atoms in total. The van der Waals surface area contributed by atoms with Crippen molar-refractivity contribution in [3.05, 3.63) is 6.17 Å². The standard InChI is InChI=1S/C19H35N2/c1-3-5-6-7-8-9-10-11-12-13-18(4-2)14-15-19-20-16-17-21-19/h16-18H,3-15H2,1-2H3/q+1. The lowest BCUT2D eigenvalue weighted by Crippen LogP contribution is -2.01. The monoisotopic (exact) mass is 291 g/mol. The Balaban J connectivity index is 1.89. The van der Waals surface area contributed by atoms with E-state index in [1.165, 1.54) is 77.0 Å². The first-order valence-corrected chi connectivity index (χ1v) is 9.29. The lowest BCUT2D eigenvalue weighted by Gasteiger charge is -2.13. The molecule has 0 saturated carbocycles. The van der Waals surface area contributed by atoms with Gasteiger partial charge in [0.1, 0.15) is 0 Å². The van der Waals surface area contributed by atoms with Crippen LogP contribution in [-0.4, -0.2) is 12.4 Å². The zero-order chi connectivity index (χ0) is 15.2. The van der Waals surface area contributed by atoms with E-state index in [-0.39, 0.29) is 0 Å². The lowest BCUT2D eigenvalue weighted by molar-refractivity contribution is 0.403. The number of hydrogen-bond donors (Lipinski definition) is 0. The second-order valence-electron chi connectivity index (χ2n) is 6.40. The van der Waals surface area contributed by atoms with E-state index in [1.54, 1.807) is 12.4 Å². The fraction of sp³-hybridized carbons (Fsp3) is 0.842. The summed E-state index contributed by atoms with van der Waals surface area (Å²) < 4.78 is 0. The molecular weight excluding hydrogens is 256 g/mol. The molecule has 2 heteroatoms. The van der Waals surface area contributed by atoms with E-state index >= 15 is 0 Å². The molecule has 0 saturated heterocycles. The third-order valence-electron chi connectivity index (χ3n) is 4.58. The van der Waals surface area contributed by atoms with Gasteiger partial charge in [0.2, 0.25) is 6.17 Å². The van der Waals surface area contributed by atoms with Crippen molar-refractivity contribution >= 4 is 12.4 Å². The first kappa shape index (κ1) is 18.3. The lowest BCUT2D eigenvalue weighted by atomic mass is 9.93. The van der Waals surface area contributed by atoms with Gasteiger partial charge in [0.05, 0.1) is 6.42 Å². The van der Waals surface area contributed by atoms with Crippen LogP contribution in [0, 0.1) is 12.1 Å². The summed E-state index contributed by atoms with van der Waals surface area (Å²) in [6, 6.07) is 0. The fourth-order valence-corrected chi connectivity index (χ4v) is 3.03. The van der Waals surface area contributed by atoms with Crippen molar-refractivity contribution in [2.45, 2.75) is 97.3 Å². The summed E-state index contributed by atoms with van der Waals surface area (Å²) in [5.74, 6) is 0.869. The fourth-order valence-electron chi connectivity index (χ4n) is 3.03. The van der Waals surface area contributed by atoms with Gasteiger partial charge in [-0.05, 0) is 12.3 Å². The highest BCUT2D eigenvalue weighted by atomic mass is 15.0. The number of nitrogens with zero attached hydrogens (tertiary/aromatic N) is 2. The maximum Gasteiger partial charge on any atom is 0.240 e. The predicted octanol–water partition coefficient (Wildman–Crippen LogP) is 6.36. The number of hydrogen-bond acceptors (Lipinski definition) is 2. The molecule has 0 N–H and O–H groups in total. The maximum absolute atomic E-state index is 4.26. The molecule has 0 radical (unpaired) electrons. The Labute approximate surface area is 132 Å². The van der Waals surface area contributed by atoms with Crippen LogP contribution in [0.25, 0.3) is 0 Å². The van der Waals surface area contributed by atoms with E-state index in [9.17, 15) is 0 Å². The minimum atomic E-state index is 0.869. The van der Waals surface area contributed by atoms with Gasteiger partial charge in [0.15, 0.2) is 12.4 Å². The van der Waals surface area contributed by atoms with Gasteiger partial charge in [-0.1, -0.05) is 94.5 Å². The van der Waals surface area contributed by atoms with Gasteiger partial charge in [0.25, 0.3) is 0 Å². The van der Waals surface area contributed by atoms with E-state index in [4.69, 9.17) is 0 Å². The Morgan fingerprint density at radius 1 is 0.762 bits per heavy atom. The number of rotatable bonds is 14. The molecule has 1 atom stereocenters. The van der Waals surface area contributed by atoms with Crippen LogP contribution in [0.1, 0.15) is 97.3 Å². The summed E-state index contributed by atoms with van der Waals surface area (Å²) in [6.45, 7) is 4.61. The van der Waals surface area contributed by atoms with E-state index in [1.807, 2.05) is 0 Å². The maximum atomic E-state index is 4.26. The molecule has 0 amide bonds. The largest absolute Gasteiger partial charge is 0.240 e. The Bertz CT molecular complexity index is 271. The molecule has 0 aliphatic carbocycles. The molecule has 0 aromatic carbocycles. The molecule has 120 valence electrons. The first-order valence-electron chi connectivity index (χ1n) is 9.29. The summed E-state index contributed by atoms with van der Waals surface area (Å²) in [6.07, 6.45) is 22.5. The predicted molar refractivity (Wildman–Crippen MR) is 95.1 cm³/mol. The van der Waals surface area contributed by atoms with E-state index in [0.717, 1.165) is 18.5 Å². The topological polar surface area (TPSA) is 24.7 Å². The van der Waals surface area contributed by atoms with Crippen LogP contribution in [0.5, 0.6) is 0 Å². The summed E-state index contributed by atoms with van der Waals surface area (Å²) in [5.41, 5.74) is 0. The van der Waals surface area contributed by atoms with Crippen LogP contribution in [0.3, 0.4) is 0 Å². The highest BCUT2D eigenvalue weighted by molar-refractivity contribution is 6.18. The second-order valence-corrected chi connectivity index (χ2v) is 6.40. The van der Waals surface area contributed by atoms with Crippen LogP contribution in [0.4, 0.5) is 0 Å². The van der Waals surface area contributed by atoms with Crippen LogP contribution in [-0.2, 0) is 0 Å². The Morgan fingerprint density at radius 2 is 1.33 bits per heavy atom. The average Bonchev–Trinajstić information content (AvgIpc) is 3.02. The van der Waals surface area contributed by atoms with Crippen molar-refractivity contribution < 1.29 is 0 Å². The summed E-state index contributed by atoms with van der Waals surface area (Å²) in [7, 11) is 0. The van der Waals surface area contributed by atoms with Crippen molar-refractivity contribution in [1.82, 2.24) is 0 Å². The molecule has 1 rings (SSSR count). The van der Waals surface area contributed by atoms with Crippen molar-refractivity contribution in [3.63, 3.8) is 0 Å². The quantitative estimate of drug-likeness (QED) is 0.263. The van der Waals surface area contributed by atoms with Gasteiger partial charge in [-0.15, -0.1) is 0 Å². The Morgan fingerprint density at radius 3 is 1.90 bits per heavy atom. The molecule has 1 aliphatic rings. The van der Waals surface area contributed by atoms with Gasteiger partial charge >= 0.3 is 0 Å². The van der Waals surface area contributed by atoms with Gasteiger partial charge in [-0.2, -0.15) is 0 Å². The van der Waals surface area contributed by atoms with Crippen LogP contribution in [0.2, 0.25) is 0 Å². The van der Waals surface area contributed by atoms with Crippen LogP contribution in [0.15, 0.2) is 9.98 Å². The average molecular weight is 292 g/mol. The van der Waals surface area contributed by atoms with E-state index in [2.05, 4.69) is 23.8 Å². The Kier molecular flexibility index (Phi) is 11.2. The van der Waals surface area contributed by atoms with E-state index < -0.39 is 0 Å². The third-order valence-corrected chi connectivity index (χ3v) is 4.58. The number of aliphatic imine (C=N–C) groups is 2. The van der Waals surface area contributed by atoms with Gasteiger partial charge in [-0.3, -0.25) is 0 Å². The minimum absolute atomic E-state index is 0.869. The third kappa shape index (κ3) is 9.71. The zero-order valence-corrected chi connectivity index (χ0v) is 14.3. The molecule has 0 aromatic rings. The van der Waals surface area contributed by atoms with Gasteiger partial charge < -0.3 is 0 Å². The molecule has 0 spiro atoms. The normalized spacial score (nSPS) is 15.0. The minimum Gasteiger partial charge on any atom is -0.0968 e. The van der Waals surface area contributed by atoms with Crippen molar-refractivity contribution in [1.29, 1.82) is 0 Å². The molecule has 0 aromatic heterocycles. The van der Waals surface area contributed by atoms with Crippen molar-refractivity contribution in [2.75, 3.05) is 0 Å². The van der Waals surface area contributed by atoms with Crippen molar-refractivity contribution in [3.8, 4) is 0 Å². The summed E-state index contributed by atoms with van der Waals surface area (Å²) in [5, 5.41) is 0. The molecule has 21 heavy (non-hydrogen) atoms. The second kappa shape index (κ2) is 12.9. The van der Waals surface area contributed by atoms with E-state index in [0.29, 0.717) is 0 Å². The van der Waals surface area contributed by atoms with Crippen LogP contribution >= 0.6 is 0 Å². The molecular formula is C19H35N2+. The van der Waals surface area contributed by atoms with Gasteiger partial charge in [0, 0.05) is 0 Å². The molecule has 0 fully saturated rings. The summed E-state index contributed by atoms with van der Waals surface area (Å²) in [4.78, 5) is 8.53.